The molecule has 2 rings (SSSR count). The summed E-state index contributed by atoms with van der Waals surface area (Å²) in [6.45, 7) is 3.64. The van der Waals surface area contributed by atoms with Gasteiger partial charge in [-0.25, -0.2) is 4.79 Å². The van der Waals surface area contributed by atoms with Crippen LogP contribution < -0.4 is 10.1 Å². The number of nitrogens with zero attached hydrogens (tertiary/aromatic N) is 2. The molecule has 0 bridgehead atoms. The predicted octanol–water partition coefficient (Wildman–Crippen LogP) is 2.56. The highest BCUT2D eigenvalue weighted by atomic mass is 16.5. The third-order valence-electron chi connectivity index (χ3n) is 3.86. The monoisotopic (exact) mass is 291 g/mol. The number of hydrogen-bond acceptors (Lipinski definition) is 3. The van der Waals surface area contributed by atoms with Gasteiger partial charge in [-0.2, -0.15) is 0 Å². The van der Waals surface area contributed by atoms with Crippen molar-refractivity contribution in [2.24, 2.45) is 0 Å². The Morgan fingerprint density at radius 1 is 1.33 bits per heavy atom. The second-order valence-electron chi connectivity index (χ2n) is 5.79. The van der Waals surface area contributed by atoms with Crippen molar-refractivity contribution in [3.63, 3.8) is 0 Å². The smallest absolute Gasteiger partial charge is 0.319 e. The zero-order valence-corrected chi connectivity index (χ0v) is 13.3. The van der Waals surface area contributed by atoms with Gasteiger partial charge >= 0.3 is 6.03 Å². The molecule has 0 unspecified atom stereocenters. The molecule has 0 aliphatic carbocycles. The Hall–Kier alpha value is -1.91. The largest absolute Gasteiger partial charge is 0.495 e. The van der Waals surface area contributed by atoms with Crippen LogP contribution in [0.3, 0.4) is 0 Å². The summed E-state index contributed by atoms with van der Waals surface area (Å²) < 4.78 is 5.42. The van der Waals surface area contributed by atoms with Gasteiger partial charge in [-0.15, -0.1) is 0 Å². The van der Waals surface area contributed by atoms with Crippen LogP contribution in [-0.2, 0) is 0 Å². The summed E-state index contributed by atoms with van der Waals surface area (Å²) in [4.78, 5) is 15.5. The fraction of sp³-hybridized carbons (Fsp3) is 0.562. The number of hydrogen-bond donors (Lipinski definition) is 1. The van der Waals surface area contributed by atoms with Crippen LogP contribution in [0.25, 0.3) is 0 Å². The molecule has 0 aromatic heterocycles. The number of urea groups is 1. The maximum absolute atomic E-state index is 11.9. The Labute approximate surface area is 126 Å². The van der Waals surface area contributed by atoms with Crippen molar-refractivity contribution in [3.8, 4) is 5.75 Å². The predicted molar refractivity (Wildman–Crippen MR) is 85.0 cm³/mol. The Morgan fingerprint density at radius 3 is 2.57 bits per heavy atom. The minimum absolute atomic E-state index is 0.0985. The van der Waals surface area contributed by atoms with E-state index < -0.39 is 0 Å². The van der Waals surface area contributed by atoms with Crippen LogP contribution in [0.15, 0.2) is 18.2 Å². The van der Waals surface area contributed by atoms with Crippen molar-refractivity contribution < 1.29 is 9.53 Å². The average molecular weight is 291 g/mol. The summed E-state index contributed by atoms with van der Waals surface area (Å²) in [7, 11) is 5.28. The Bertz CT molecular complexity index is 494. The molecule has 21 heavy (non-hydrogen) atoms. The molecule has 1 heterocycles. The molecular formula is C16H25N3O2. The van der Waals surface area contributed by atoms with Crippen molar-refractivity contribution in [2.45, 2.75) is 25.8 Å². The number of anilines is 1. The molecule has 1 aliphatic heterocycles. The number of benzene rings is 1. The number of amides is 2. The van der Waals surface area contributed by atoms with Gasteiger partial charge in [-0.1, -0.05) is 6.07 Å². The standard InChI is InChI=1S/C16H25N3O2/c1-12-5-6-14(15(11-12)21-4)17-13-7-9-19(10-8-13)16(20)18(2)3/h5-6,11,13,17H,7-10H2,1-4H3. The summed E-state index contributed by atoms with van der Waals surface area (Å²) in [6.07, 6.45) is 1.91. The van der Waals surface area contributed by atoms with E-state index >= 15 is 0 Å². The lowest BCUT2D eigenvalue weighted by atomic mass is 10.0. The molecule has 1 saturated heterocycles. The van der Waals surface area contributed by atoms with Crippen LogP contribution in [0.2, 0.25) is 0 Å². The van der Waals surface area contributed by atoms with Crippen LogP contribution in [0.4, 0.5) is 10.5 Å². The SMILES string of the molecule is COc1cc(C)ccc1NC1CCN(C(=O)N(C)C)CC1. The van der Waals surface area contributed by atoms with Gasteiger partial charge in [0.25, 0.3) is 0 Å². The molecule has 0 spiro atoms. The number of rotatable bonds is 3. The van der Waals surface area contributed by atoms with E-state index in [1.54, 1.807) is 26.1 Å². The van der Waals surface area contributed by atoms with Crippen molar-refractivity contribution in [1.82, 2.24) is 9.80 Å². The fourth-order valence-electron chi connectivity index (χ4n) is 2.64. The van der Waals surface area contributed by atoms with E-state index in [0.29, 0.717) is 6.04 Å². The summed E-state index contributed by atoms with van der Waals surface area (Å²) in [6, 6.07) is 6.66. The Kier molecular flexibility index (Phi) is 4.94. The quantitative estimate of drug-likeness (QED) is 0.931. The van der Waals surface area contributed by atoms with Crippen molar-refractivity contribution >= 4 is 11.7 Å². The zero-order chi connectivity index (χ0) is 15.4. The summed E-state index contributed by atoms with van der Waals surface area (Å²) in [5.41, 5.74) is 2.21. The van der Waals surface area contributed by atoms with Crippen LogP contribution in [0.5, 0.6) is 5.75 Å². The number of ether oxygens (including phenoxy) is 1. The molecule has 1 aromatic rings. The molecule has 1 N–H and O–H groups in total. The van der Waals surface area contributed by atoms with E-state index in [2.05, 4.69) is 24.4 Å². The molecule has 0 radical (unpaired) electrons. The van der Waals surface area contributed by atoms with Gasteiger partial charge in [0.15, 0.2) is 0 Å². The van der Waals surface area contributed by atoms with Crippen LogP contribution in [0.1, 0.15) is 18.4 Å². The highest BCUT2D eigenvalue weighted by Gasteiger charge is 2.24. The van der Waals surface area contributed by atoms with Gasteiger partial charge in [0, 0.05) is 33.2 Å². The van der Waals surface area contributed by atoms with Crippen LogP contribution in [0, 0.1) is 6.92 Å². The van der Waals surface area contributed by atoms with Crippen LogP contribution >= 0.6 is 0 Å². The highest BCUT2D eigenvalue weighted by Crippen LogP contribution is 2.27. The van der Waals surface area contributed by atoms with E-state index in [1.807, 2.05) is 11.0 Å². The topological polar surface area (TPSA) is 44.8 Å². The van der Waals surface area contributed by atoms with E-state index in [-0.39, 0.29) is 6.03 Å². The maximum atomic E-state index is 11.9. The van der Waals surface area contributed by atoms with Crippen molar-refractivity contribution in [2.75, 3.05) is 39.6 Å². The first-order valence-corrected chi connectivity index (χ1v) is 7.38. The second-order valence-corrected chi connectivity index (χ2v) is 5.79. The average Bonchev–Trinajstić information content (AvgIpc) is 2.49. The minimum Gasteiger partial charge on any atom is -0.495 e. The number of likely N-dealkylation sites (tertiary alicyclic amines) is 1. The third kappa shape index (κ3) is 3.80. The second kappa shape index (κ2) is 6.70. The lowest BCUT2D eigenvalue weighted by Gasteiger charge is -2.34. The molecule has 1 fully saturated rings. The van der Waals surface area contributed by atoms with E-state index in [0.717, 1.165) is 37.4 Å². The first-order valence-electron chi connectivity index (χ1n) is 7.38. The lowest BCUT2D eigenvalue weighted by Crippen LogP contribution is -2.46. The van der Waals surface area contributed by atoms with Crippen LogP contribution in [-0.4, -0.2) is 56.2 Å². The fourth-order valence-corrected chi connectivity index (χ4v) is 2.64. The summed E-state index contributed by atoms with van der Waals surface area (Å²) in [5.74, 6) is 0.877. The zero-order valence-electron chi connectivity index (χ0n) is 13.3. The molecule has 1 aliphatic rings. The first-order chi connectivity index (χ1) is 10.0. The lowest BCUT2D eigenvalue weighted by molar-refractivity contribution is 0.158. The molecule has 0 saturated carbocycles. The number of piperidine rings is 1. The van der Waals surface area contributed by atoms with Gasteiger partial charge in [0.05, 0.1) is 12.8 Å². The van der Waals surface area contributed by atoms with Crippen molar-refractivity contribution in [1.29, 1.82) is 0 Å². The van der Waals surface area contributed by atoms with E-state index in [1.165, 1.54) is 5.56 Å². The molecule has 1 aromatic carbocycles. The van der Waals surface area contributed by atoms with Gasteiger partial charge in [-0.05, 0) is 37.5 Å². The van der Waals surface area contributed by atoms with E-state index in [9.17, 15) is 4.79 Å². The molecule has 0 atom stereocenters. The molecule has 2 amide bonds. The number of methoxy groups -OCH3 is 1. The molecular weight excluding hydrogens is 266 g/mol. The Balaban J connectivity index is 1.93. The van der Waals surface area contributed by atoms with Gasteiger partial charge < -0.3 is 19.9 Å². The van der Waals surface area contributed by atoms with E-state index in [4.69, 9.17) is 4.74 Å². The third-order valence-corrected chi connectivity index (χ3v) is 3.86. The summed E-state index contributed by atoms with van der Waals surface area (Å²) >= 11 is 0. The summed E-state index contributed by atoms with van der Waals surface area (Å²) in [5, 5.41) is 3.54. The molecule has 5 nitrogen and oxygen atoms in total. The minimum atomic E-state index is 0.0985. The number of carbonyl (C=O) groups excluding carboxylic acids is 1. The highest BCUT2D eigenvalue weighted by molar-refractivity contribution is 5.74. The number of aryl methyl sites for hydroxylation is 1. The number of nitrogens with one attached hydrogen (secondary N) is 1. The Morgan fingerprint density at radius 2 is 2.00 bits per heavy atom. The van der Waals surface area contributed by atoms with Gasteiger partial charge in [0.2, 0.25) is 0 Å². The van der Waals surface area contributed by atoms with Gasteiger partial charge in [0.1, 0.15) is 5.75 Å². The number of carbonyl (C=O) groups is 1. The maximum Gasteiger partial charge on any atom is 0.319 e. The normalized spacial score (nSPS) is 15.7. The first kappa shape index (κ1) is 15.5. The molecule has 5 heteroatoms. The molecule has 116 valence electrons. The van der Waals surface area contributed by atoms with Crippen molar-refractivity contribution in [3.05, 3.63) is 23.8 Å². The van der Waals surface area contributed by atoms with Gasteiger partial charge in [-0.3, -0.25) is 0 Å².